The van der Waals surface area contributed by atoms with Gasteiger partial charge in [0.05, 0.1) is 5.02 Å². The highest BCUT2D eigenvalue weighted by Gasteiger charge is 2.08. The highest BCUT2D eigenvalue weighted by atomic mass is 35.5. The van der Waals surface area contributed by atoms with E-state index in [1.807, 2.05) is 42.3 Å². The fraction of sp³-hybridized carbons (Fsp3) is 0.231. The number of aromatic nitrogens is 2. The van der Waals surface area contributed by atoms with Gasteiger partial charge in [0.15, 0.2) is 5.82 Å². The molecule has 4 nitrogen and oxygen atoms in total. The summed E-state index contributed by atoms with van der Waals surface area (Å²) in [6.07, 6.45) is 1.73. The lowest BCUT2D eigenvalue weighted by Crippen LogP contribution is -2.25. The second kappa shape index (κ2) is 5.80. The van der Waals surface area contributed by atoms with Crippen molar-refractivity contribution in [2.24, 2.45) is 5.73 Å². The van der Waals surface area contributed by atoms with Crippen molar-refractivity contribution in [1.82, 2.24) is 9.97 Å². The average Bonchev–Trinajstić information content (AvgIpc) is 2.40. The average molecular weight is 263 g/mol. The van der Waals surface area contributed by atoms with E-state index in [0.717, 1.165) is 17.9 Å². The van der Waals surface area contributed by atoms with E-state index >= 15 is 0 Å². The van der Waals surface area contributed by atoms with E-state index in [2.05, 4.69) is 9.97 Å². The highest BCUT2D eigenvalue weighted by Crippen LogP contribution is 2.25. The Morgan fingerprint density at radius 2 is 2.06 bits per heavy atom. The van der Waals surface area contributed by atoms with Crippen LogP contribution in [-0.4, -0.2) is 30.1 Å². The predicted octanol–water partition coefficient (Wildman–Crippen LogP) is 2.19. The molecule has 0 bridgehead atoms. The second-order valence-corrected chi connectivity index (χ2v) is 4.34. The van der Waals surface area contributed by atoms with Crippen molar-refractivity contribution in [3.8, 4) is 11.4 Å². The minimum absolute atomic E-state index is 0.585. The molecule has 2 N–H and O–H groups in total. The number of nitrogens with zero attached hydrogens (tertiary/aromatic N) is 3. The Balaban J connectivity index is 2.36. The molecule has 1 aromatic heterocycles. The molecule has 0 aliphatic heterocycles. The molecule has 0 amide bonds. The van der Waals surface area contributed by atoms with Crippen molar-refractivity contribution in [3.05, 3.63) is 41.6 Å². The van der Waals surface area contributed by atoms with Gasteiger partial charge in [0.2, 0.25) is 0 Å². The lowest BCUT2D eigenvalue weighted by atomic mass is 10.2. The van der Waals surface area contributed by atoms with Crippen LogP contribution in [0.2, 0.25) is 5.02 Å². The van der Waals surface area contributed by atoms with E-state index in [-0.39, 0.29) is 0 Å². The van der Waals surface area contributed by atoms with Gasteiger partial charge in [0.25, 0.3) is 0 Å². The minimum Gasteiger partial charge on any atom is -0.358 e. The van der Waals surface area contributed by atoms with Crippen LogP contribution < -0.4 is 10.6 Å². The van der Waals surface area contributed by atoms with Gasteiger partial charge < -0.3 is 10.6 Å². The zero-order valence-corrected chi connectivity index (χ0v) is 10.9. The van der Waals surface area contributed by atoms with Crippen LogP contribution in [0, 0.1) is 0 Å². The smallest absolute Gasteiger partial charge is 0.163 e. The zero-order chi connectivity index (χ0) is 13.0. The molecule has 1 aromatic carbocycles. The summed E-state index contributed by atoms with van der Waals surface area (Å²) in [6, 6.07) is 9.40. The Morgan fingerprint density at radius 1 is 1.28 bits per heavy atom. The van der Waals surface area contributed by atoms with Crippen LogP contribution in [-0.2, 0) is 0 Å². The fourth-order valence-corrected chi connectivity index (χ4v) is 1.86. The van der Waals surface area contributed by atoms with Crippen LogP contribution in [0.3, 0.4) is 0 Å². The first kappa shape index (κ1) is 12.8. The minimum atomic E-state index is 0.585. The van der Waals surface area contributed by atoms with Crippen LogP contribution in [0.5, 0.6) is 0 Å². The van der Waals surface area contributed by atoms with Gasteiger partial charge in [0, 0.05) is 31.9 Å². The van der Waals surface area contributed by atoms with Gasteiger partial charge in [-0.1, -0.05) is 23.7 Å². The van der Waals surface area contributed by atoms with Crippen molar-refractivity contribution in [2.45, 2.75) is 0 Å². The second-order valence-electron chi connectivity index (χ2n) is 3.93. The van der Waals surface area contributed by atoms with Gasteiger partial charge >= 0.3 is 0 Å². The molecule has 18 heavy (non-hydrogen) atoms. The molecule has 0 saturated heterocycles. The van der Waals surface area contributed by atoms with Gasteiger partial charge in [-0.2, -0.15) is 0 Å². The van der Waals surface area contributed by atoms with Crippen molar-refractivity contribution in [3.63, 3.8) is 0 Å². The Labute approximate surface area is 111 Å². The summed E-state index contributed by atoms with van der Waals surface area (Å²) in [5.74, 6) is 1.47. The molecule has 0 aliphatic carbocycles. The number of hydrogen-bond donors (Lipinski definition) is 1. The molecule has 94 valence electrons. The van der Waals surface area contributed by atoms with Crippen LogP contribution in [0.25, 0.3) is 11.4 Å². The lowest BCUT2D eigenvalue weighted by molar-refractivity contribution is 0.865. The van der Waals surface area contributed by atoms with E-state index in [4.69, 9.17) is 17.3 Å². The Morgan fingerprint density at radius 3 is 2.78 bits per heavy atom. The molecule has 1 heterocycles. The fourth-order valence-electron chi connectivity index (χ4n) is 1.64. The Bertz CT molecular complexity index is 530. The van der Waals surface area contributed by atoms with Crippen molar-refractivity contribution < 1.29 is 0 Å². The molecule has 0 atom stereocenters. The topological polar surface area (TPSA) is 55.0 Å². The van der Waals surface area contributed by atoms with Crippen LogP contribution >= 0.6 is 11.6 Å². The predicted molar refractivity (Wildman–Crippen MR) is 74.8 cm³/mol. The van der Waals surface area contributed by atoms with Gasteiger partial charge in [-0.15, -0.1) is 0 Å². The summed E-state index contributed by atoms with van der Waals surface area (Å²) in [5.41, 5.74) is 6.37. The molecule has 0 aliphatic rings. The molecule has 0 radical (unpaired) electrons. The van der Waals surface area contributed by atoms with E-state index < -0.39 is 0 Å². The van der Waals surface area contributed by atoms with Crippen LogP contribution in [0.15, 0.2) is 36.5 Å². The Kier molecular flexibility index (Phi) is 4.12. The van der Waals surface area contributed by atoms with E-state index in [0.29, 0.717) is 17.4 Å². The largest absolute Gasteiger partial charge is 0.358 e. The summed E-state index contributed by atoms with van der Waals surface area (Å²) in [7, 11) is 1.95. The first-order valence-electron chi connectivity index (χ1n) is 5.71. The number of halogens is 1. The first-order chi connectivity index (χ1) is 8.72. The first-order valence-corrected chi connectivity index (χ1v) is 6.09. The van der Waals surface area contributed by atoms with E-state index in [9.17, 15) is 0 Å². The SMILES string of the molecule is CN(CCN)c1ccnc(-c2ccccc2Cl)n1. The third-order valence-electron chi connectivity index (χ3n) is 2.61. The molecule has 2 rings (SSSR count). The molecular formula is C13H15ClN4. The summed E-state index contributed by atoms with van der Waals surface area (Å²) >= 11 is 6.14. The molecule has 0 saturated carbocycles. The summed E-state index contributed by atoms with van der Waals surface area (Å²) in [4.78, 5) is 10.7. The van der Waals surface area contributed by atoms with Crippen molar-refractivity contribution in [1.29, 1.82) is 0 Å². The van der Waals surface area contributed by atoms with Gasteiger partial charge in [-0.3, -0.25) is 0 Å². The third kappa shape index (κ3) is 2.78. The maximum absolute atomic E-state index is 6.14. The number of anilines is 1. The standard InChI is InChI=1S/C13H15ClN4/c1-18(9-7-15)12-6-8-16-13(17-12)10-4-2-3-5-11(10)14/h2-6,8H,7,9,15H2,1H3. The maximum atomic E-state index is 6.14. The quantitative estimate of drug-likeness (QED) is 0.918. The summed E-state index contributed by atoms with van der Waals surface area (Å²) in [5, 5.41) is 0.649. The van der Waals surface area contributed by atoms with Gasteiger partial charge in [0.1, 0.15) is 5.82 Å². The highest BCUT2D eigenvalue weighted by molar-refractivity contribution is 6.33. The van der Waals surface area contributed by atoms with Gasteiger partial charge in [-0.25, -0.2) is 9.97 Å². The molecule has 0 unspecified atom stereocenters. The summed E-state index contributed by atoms with van der Waals surface area (Å²) < 4.78 is 0. The van der Waals surface area contributed by atoms with Crippen molar-refractivity contribution in [2.75, 3.05) is 25.0 Å². The maximum Gasteiger partial charge on any atom is 0.163 e. The monoisotopic (exact) mass is 262 g/mol. The number of hydrogen-bond acceptors (Lipinski definition) is 4. The van der Waals surface area contributed by atoms with E-state index in [1.54, 1.807) is 6.20 Å². The molecule has 0 fully saturated rings. The molecular weight excluding hydrogens is 248 g/mol. The van der Waals surface area contributed by atoms with E-state index in [1.165, 1.54) is 0 Å². The summed E-state index contributed by atoms with van der Waals surface area (Å²) in [6.45, 7) is 1.33. The van der Waals surface area contributed by atoms with Gasteiger partial charge in [-0.05, 0) is 18.2 Å². The normalized spacial score (nSPS) is 10.4. The molecule has 2 aromatic rings. The lowest BCUT2D eigenvalue weighted by Gasteiger charge is -2.17. The number of likely N-dealkylation sites (N-methyl/N-ethyl adjacent to an activating group) is 1. The zero-order valence-electron chi connectivity index (χ0n) is 10.2. The molecule has 0 spiro atoms. The van der Waals surface area contributed by atoms with Crippen molar-refractivity contribution >= 4 is 17.4 Å². The third-order valence-corrected chi connectivity index (χ3v) is 2.94. The number of rotatable bonds is 4. The van der Waals surface area contributed by atoms with Crippen LogP contribution in [0.1, 0.15) is 0 Å². The molecule has 5 heteroatoms. The number of benzene rings is 1. The Hall–Kier alpha value is -1.65. The number of nitrogens with two attached hydrogens (primary N) is 1. The van der Waals surface area contributed by atoms with Crippen LogP contribution in [0.4, 0.5) is 5.82 Å².